The van der Waals surface area contributed by atoms with Crippen LogP contribution in [0.2, 0.25) is 0 Å². The van der Waals surface area contributed by atoms with Gasteiger partial charge >= 0.3 is 0 Å². The molecule has 0 saturated heterocycles. The van der Waals surface area contributed by atoms with Crippen LogP contribution in [-0.2, 0) is 13.0 Å². The molecule has 0 radical (unpaired) electrons. The van der Waals surface area contributed by atoms with Crippen LogP contribution in [0.15, 0.2) is 47.4 Å². The molecule has 0 aliphatic rings. The van der Waals surface area contributed by atoms with E-state index in [-0.39, 0.29) is 5.43 Å². The SMILES string of the molecule is NCc1cc(=O)c(OCCc2ccccc2)c[nH]1. The second-order valence-electron chi connectivity index (χ2n) is 3.97. The van der Waals surface area contributed by atoms with Crippen LogP contribution < -0.4 is 15.9 Å². The summed E-state index contributed by atoms with van der Waals surface area (Å²) in [6.45, 7) is 0.800. The first-order chi connectivity index (χ1) is 8.79. The number of pyridine rings is 1. The zero-order valence-electron chi connectivity index (χ0n) is 10.1. The van der Waals surface area contributed by atoms with E-state index in [1.807, 2.05) is 30.3 Å². The summed E-state index contributed by atoms with van der Waals surface area (Å²) in [5.74, 6) is 0.336. The van der Waals surface area contributed by atoms with Crippen LogP contribution in [0.25, 0.3) is 0 Å². The van der Waals surface area contributed by atoms with Crippen LogP contribution >= 0.6 is 0 Å². The number of hydrogen-bond acceptors (Lipinski definition) is 3. The average molecular weight is 244 g/mol. The Morgan fingerprint density at radius 2 is 2.00 bits per heavy atom. The van der Waals surface area contributed by atoms with Gasteiger partial charge in [0.2, 0.25) is 5.43 Å². The van der Waals surface area contributed by atoms with Crippen molar-refractivity contribution in [3.63, 3.8) is 0 Å². The molecule has 0 atom stereocenters. The third kappa shape index (κ3) is 3.21. The van der Waals surface area contributed by atoms with Gasteiger partial charge in [-0.25, -0.2) is 0 Å². The van der Waals surface area contributed by atoms with Crippen LogP contribution in [0.5, 0.6) is 5.75 Å². The highest BCUT2D eigenvalue weighted by molar-refractivity contribution is 5.20. The Bertz CT molecular complexity index is 549. The molecule has 0 bridgehead atoms. The van der Waals surface area contributed by atoms with E-state index in [0.717, 1.165) is 6.42 Å². The minimum atomic E-state index is -0.137. The zero-order chi connectivity index (χ0) is 12.8. The van der Waals surface area contributed by atoms with Crippen LogP contribution in [-0.4, -0.2) is 11.6 Å². The summed E-state index contributed by atoms with van der Waals surface area (Å²) in [7, 11) is 0. The summed E-state index contributed by atoms with van der Waals surface area (Å²) in [6, 6.07) is 11.5. The molecule has 4 nitrogen and oxygen atoms in total. The molecule has 2 aromatic rings. The van der Waals surface area contributed by atoms with Gasteiger partial charge in [-0.3, -0.25) is 4.79 Å². The predicted molar refractivity (Wildman–Crippen MR) is 70.6 cm³/mol. The van der Waals surface area contributed by atoms with E-state index in [4.69, 9.17) is 10.5 Å². The van der Waals surface area contributed by atoms with Gasteiger partial charge in [0.15, 0.2) is 5.75 Å². The normalized spacial score (nSPS) is 10.3. The molecule has 0 saturated carbocycles. The van der Waals surface area contributed by atoms with Crippen molar-refractivity contribution in [2.24, 2.45) is 5.73 Å². The molecule has 0 aliphatic carbocycles. The second kappa shape index (κ2) is 6.02. The maximum Gasteiger partial charge on any atom is 0.223 e. The minimum Gasteiger partial charge on any atom is -0.488 e. The Labute approximate surface area is 105 Å². The molecule has 4 heteroatoms. The first kappa shape index (κ1) is 12.4. The average Bonchev–Trinajstić information content (AvgIpc) is 2.42. The highest BCUT2D eigenvalue weighted by atomic mass is 16.5. The standard InChI is InChI=1S/C14H16N2O2/c15-9-12-8-13(17)14(10-16-12)18-7-6-11-4-2-1-3-5-11/h1-5,8,10H,6-7,9,15H2,(H,16,17). The van der Waals surface area contributed by atoms with E-state index in [9.17, 15) is 4.79 Å². The zero-order valence-corrected chi connectivity index (χ0v) is 10.1. The van der Waals surface area contributed by atoms with Gasteiger partial charge < -0.3 is 15.5 Å². The molecule has 18 heavy (non-hydrogen) atoms. The van der Waals surface area contributed by atoms with Gasteiger partial charge in [0.05, 0.1) is 6.61 Å². The molecule has 0 fully saturated rings. The molecule has 1 aromatic carbocycles. The fraction of sp³-hybridized carbons (Fsp3) is 0.214. The fourth-order valence-corrected chi connectivity index (χ4v) is 1.65. The number of nitrogens with two attached hydrogens (primary N) is 1. The van der Waals surface area contributed by atoms with Gasteiger partial charge in [0.1, 0.15) is 0 Å². The van der Waals surface area contributed by atoms with Crippen molar-refractivity contribution >= 4 is 0 Å². The first-order valence-corrected chi connectivity index (χ1v) is 5.88. The van der Waals surface area contributed by atoms with Crippen molar-refractivity contribution in [2.45, 2.75) is 13.0 Å². The molecular formula is C14H16N2O2. The van der Waals surface area contributed by atoms with Crippen LogP contribution in [0.1, 0.15) is 11.3 Å². The summed E-state index contributed by atoms with van der Waals surface area (Å²) in [5, 5.41) is 0. The molecule has 2 rings (SSSR count). The lowest BCUT2D eigenvalue weighted by molar-refractivity contribution is 0.317. The molecule has 0 amide bonds. The second-order valence-corrected chi connectivity index (χ2v) is 3.97. The number of H-pyrrole nitrogens is 1. The molecule has 0 spiro atoms. The van der Waals surface area contributed by atoms with Crippen molar-refractivity contribution in [1.82, 2.24) is 4.98 Å². The Morgan fingerprint density at radius 1 is 1.22 bits per heavy atom. The van der Waals surface area contributed by atoms with E-state index in [1.165, 1.54) is 11.6 Å². The van der Waals surface area contributed by atoms with Gasteiger partial charge in [-0.1, -0.05) is 30.3 Å². The first-order valence-electron chi connectivity index (χ1n) is 5.88. The fourth-order valence-electron chi connectivity index (χ4n) is 1.65. The van der Waals surface area contributed by atoms with E-state index in [2.05, 4.69) is 4.98 Å². The molecule has 94 valence electrons. The van der Waals surface area contributed by atoms with Crippen LogP contribution in [0.4, 0.5) is 0 Å². The van der Waals surface area contributed by atoms with Gasteiger partial charge in [-0.05, 0) is 5.56 Å². The van der Waals surface area contributed by atoms with Crippen molar-refractivity contribution in [1.29, 1.82) is 0 Å². The van der Waals surface area contributed by atoms with Gasteiger partial charge in [-0.2, -0.15) is 0 Å². The minimum absolute atomic E-state index is 0.137. The molecule has 0 aliphatic heterocycles. The number of aromatic amines is 1. The number of aromatic nitrogens is 1. The lowest BCUT2D eigenvalue weighted by atomic mass is 10.2. The van der Waals surface area contributed by atoms with Gasteiger partial charge in [-0.15, -0.1) is 0 Å². The molecule has 1 aromatic heterocycles. The Morgan fingerprint density at radius 3 is 2.67 bits per heavy atom. The monoisotopic (exact) mass is 244 g/mol. The third-order valence-corrected chi connectivity index (χ3v) is 2.65. The number of hydrogen-bond donors (Lipinski definition) is 2. The highest BCUT2D eigenvalue weighted by Crippen LogP contribution is 2.04. The third-order valence-electron chi connectivity index (χ3n) is 2.65. The summed E-state index contributed by atoms with van der Waals surface area (Å²) >= 11 is 0. The van der Waals surface area contributed by atoms with Gasteiger partial charge in [0.25, 0.3) is 0 Å². The highest BCUT2D eigenvalue weighted by Gasteiger charge is 2.01. The number of benzene rings is 1. The largest absolute Gasteiger partial charge is 0.488 e. The molecular weight excluding hydrogens is 228 g/mol. The number of ether oxygens (including phenoxy) is 1. The lowest BCUT2D eigenvalue weighted by Gasteiger charge is -2.06. The van der Waals surface area contributed by atoms with Crippen LogP contribution in [0.3, 0.4) is 0 Å². The summed E-state index contributed by atoms with van der Waals surface area (Å²) < 4.78 is 5.46. The van der Waals surface area contributed by atoms with E-state index < -0.39 is 0 Å². The summed E-state index contributed by atoms with van der Waals surface area (Å²) in [6.07, 6.45) is 2.34. The maximum absolute atomic E-state index is 11.6. The lowest BCUT2D eigenvalue weighted by Crippen LogP contribution is -2.13. The van der Waals surface area contributed by atoms with Crippen molar-refractivity contribution in [3.8, 4) is 5.75 Å². The number of rotatable bonds is 5. The van der Waals surface area contributed by atoms with E-state index >= 15 is 0 Å². The predicted octanol–water partition coefficient (Wildman–Crippen LogP) is 1.46. The Hall–Kier alpha value is -2.07. The van der Waals surface area contributed by atoms with Crippen molar-refractivity contribution < 1.29 is 4.74 Å². The summed E-state index contributed by atoms with van der Waals surface area (Å²) in [4.78, 5) is 14.6. The van der Waals surface area contributed by atoms with E-state index in [0.29, 0.717) is 24.6 Å². The Balaban J connectivity index is 1.93. The topological polar surface area (TPSA) is 68.1 Å². The molecule has 3 N–H and O–H groups in total. The van der Waals surface area contributed by atoms with Crippen molar-refractivity contribution in [2.75, 3.05) is 6.61 Å². The van der Waals surface area contributed by atoms with Crippen LogP contribution in [0, 0.1) is 0 Å². The van der Waals surface area contributed by atoms with Gasteiger partial charge in [0, 0.05) is 30.9 Å². The Kier molecular flexibility index (Phi) is 4.15. The summed E-state index contributed by atoms with van der Waals surface area (Å²) in [5.41, 5.74) is 7.19. The number of nitrogens with one attached hydrogen (secondary N) is 1. The molecule has 0 unspecified atom stereocenters. The maximum atomic E-state index is 11.6. The quantitative estimate of drug-likeness (QED) is 0.836. The molecule has 1 heterocycles. The van der Waals surface area contributed by atoms with Crippen molar-refractivity contribution in [3.05, 3.63) is 64.1 Å². The smallest absolute Gasteiger partial charge is 0.223 e. The van der Waals surface area contributed by atoms with E-state index in [1.54, 1.807) is 6.20 Å².